The maximum absolute atomic E-state index is 13.0. The summed E-state index contributed by atoms with van der Waals surface area (Å²) in [6.07, 6.45) is 0.791. The molecule has 1 aromatic heterocycles. The summed E-state index contributed by atoms with van der Waals surface area (Å²) in [6, 6.07) is 3.45. The molecule has 90 valence electrons. The fourth-order valence-electron chi connectivity index (χ4n) is 1.28. The van der Waals surface area contributed by atoms with Crippen molar-refractivity contribution in [3.05, 3.63) is 35.7 Å². The van der Waals surface area contributed by atoms with Crippen LogP contribution in [-0.2, 0) is 0 Å². The Bertz CT molecular complexity index is 530. The number of hydrogen-bond acceptors (Lipinski definition) is 3. The summed E-state index contributed by atoms with van der Waals surface area (Å²) >= 11 is 3.37. The molecule has 0 saturated carbocycles. The third kappa shape index (κ3) is 2.52. The second-order valence-corrected chi connectivity index (χ2v) is 4.56. The fourth-order valence-corrected chi connectivity index (χ4v) is 1.47. The summed E-state index contributed by atoms with van der Waals surface area (Å²) in [4.78, 5) is -0.0333. The van der Waals surface area contributed by atoms with Crippen molar-refractivity contribution in [1.82, 2.24) is 10.2 Å². The van der Waals surface area contributed by atoms with E-state index in [-0.39, 0.29) is 10.7 Å². The van der Waals surface area contributed by atoms with E-state index in [1.165, 1.54) is 6.07 Å². The summed E-state index contributed by atoms with van der Waals surface area (Å²) in [5, 5.41) is 7.63. The lowest BCUT2D eigenvalue weighted by Crippen LogP contribution is -1.86. The van der Waals surface area contributed by atoms with Gasteiger partial charge in [0, 0.05) is 5.56 Å². The van der Waals surface area contributed by atoms with Gasteiger partial charge in [-0.15, -0.1) is 10.2 Å². The summed E-state index contributed by atoms with van der Waals surface area (Å²) in [6.45, 7) is 1.96. The van der Waals surface area contributed by atoms with Crippen molar-refractivity contribution in [1.29, 1.82) is 0 Å². The third-order valence-corrected chi connectivity index (χ3v) is 3.27. The minimum atomic E-state index is -0.937. The lowest BCUT2D eigenvalue weighted by molar-refractivity contribution is 0.495. The minimum absolute atomic E-state index is 0.0333. The van der Waals surface area contributed by atoms with Gasteiger partial charge < -0.3 is 4.42 Å². The molecule has 0 saturated heterocycles. The van der Waals surface area contributed by atoms with E-state index in [9.17, 15) is 8.78 Å². The van der Waals surface area contributed by atoms with Crippen LogP contribution in [0, 0.1) is 11.6 Å². The van der Waals surface area contributed by atoms with Crippen molar-refractivity contribution in [3.63, 3.8) is 0 Å². The zero-order valence-electron chi connectivity index (χ0n) is 8.95. The Morgan fingerprint density at radius 3 is 2.71 bits per heavy atom. The Labute approximate surface area is 105 Å². The van der Waals surface area contributed by atoms with Gasteiger partial charge in [0.25, 0.3) is 0 Å². The van der Waals surface area contributed by atoms with Gasteiger partial charge in [-0.2, -0.15) is 0 Å². The van der Waals surface area contributed by atoms with Crippen molar-refractivity contribution in [3.8, 4) is 11.5 Å². The fraction of sp³-hybridized carbons (Fsp3) is 0.273. The molecule has 1 heterocycles. The van der Waals surface area contributed by atoms with E-state index in [4.69, 9.17) is 4.42 Å². The molecule has 0 fully saturated rings. The van der Waals surface area contributed by atoms with E-state index < -0.39 is 11.6 Å². The minimum Gasteiger partial charge on any atom is -0.419 e. The van der Waals surface area contributed by atoms with E-state index in [2.05, 4.69) is 26.1 Å². The molecule has 0 bridgehead atoms. The largest absolute Gasteiger partial charge is 0.419 e. The molecule has 1 aromatic carbocycles. The number of aromatic nitrogens is 2. The quantitative estimate of drug-likeness (QED) is 0.808. The zero-order valence-corrected chi connectivity index (χ0v) is 10.5. The van der Waals surface area contributed by atoms with Crippen LogP contribution in [0.25, 0.3) is 11.5 Å². The van der Waals surface area contributed by atoms with E-state index in [1.54, 1.807) is 0 Å². The van der Waals surface area contributed by atoms with Crippen LogP contribution in [0.15, 0.2) is 22.6 Å². The highest BCUT2D eigenvalue weighted by Gasteiger charge is 2.15. The first kappa shape index (κ1) is 12.2. The summed E-state index contributed by atoms with van der Waals surface area (Å²) in [5.41, 5.74) is 0.360. The number of nitrogens with zero attached hydrogens (tertiary/aromatic N) is 2. The molecule has 0 spiro atoms. The average molecular weight is 303 g/mol. The first-order valence-electron chi connectivity index (χ1n) is 5.04. The molecule has 0 aliphatic rings. The van der Waals surface area contributed by atoms with Crippen molar-refractivity contribution in [2.24, 2.45) is 0 Å². The second kappa shape index (κ2) is 4.91. The number of hydrogen-bond donors (Lipinski definition) is 0. The predicted molar refractivity (Wildman–Crippen MR) is 61.6 cm³/mol. The van der Waals surface area contributed by atoms with Crippen molar-refractivity contribution in [2.45, 2.75) is 18.2 Å². The maximum Gasteiger partial charge on any atom is 0.247 e. The molecule has 1 atom stereocenters. The lowest BCUT2D eigenvalue weighted by Gasteiger charge is -1.98. The molecule has 17 heavy (non-hydrogen) atoms. The number of rotatable bonds is 3. The molecular weight excluding hydrogens is 294 g/mol. The van der Waals surface area contributed by atoms with Gasteiger partial charge in [0.2, 0.25) is 11.8 Å². The number of alkyl halides is 1. The normalized spacial score (nSPS) is 12.7. The van der Waals surface area contributed by atoms with Gasteiger partial charge in [-0.25, -0.2) is 8.78 Å². The van der Waals surface area contributed by atoms with Crippen LogP contribution in [0.5, 0.6) is 0 Å². The van der Waals surface area contributed by atoms with Crippen LogP contribution in [0.3, 0.4) is 0 Å². The van der Waals surface area contributed by atoms with Crippen LogP contribution in [0.1, 0.15) is 24.1 Å². The van der Waals surface area contributed by atoms with Crippen molar-refractivity contribution < 1.29 is 13.2 Å². The molecule has 1 unspecified atom stereocenters. The second-order valence-electron chi connectivity index (χ2n) is 3.45. The summed E-state index contributed by atoms with van der Waals surface area (Å²) in [7, 11) is 0. The molecular formula is C11H9BrF2N2O. The van der Waals surface area contributed by atoms with Gasteiger partial charge in [-0.3, -0.25) is 0 Å². The molecule has 0 N–H and O–H groups in total. The molecule has 0 radical (unpaired) electrons. The lowest BCUT2D eigenvalue weighted by atomic mass is 10.2. The van der Waals surface area contributed by atoms with Gasteiger partial charge >= 0.3 is 0 Å². The van der Waals surface area contributed by atoms with E-state index >= 15 is 0 Å². The van der Waals surface area contributed by atoms with Crippen LogP contribution in [0.4, 0.5) is 8.78 Å². The predicted octanol–water partition coefficient (Wildman–Crippen LogP) is 3.86. The first-order chi connectivity index (χ1) is 8.11. The SMILES string of the molecule is CCC(Br)c1nnc(-c2ccc(F)c(F)c2)o1. The van der Waals surface area contributed by atoms with E-state index in [1.807, 2.05) is 6.92 Å². The van der Waals surface area contributed by atoms with Crippen LogP contribution < -0.4 is 0 Å². The number of benzene rings is 1. The molecule has 2 aromatic rings. The van der Waals surface area contributed by atoms with Gasteiger partial charge in [0.15, 0.2) is 11.6 Å². The Morgan fingerprint density at radius 1 is 1.29 bits per heavy atom. The van der Waals surface area contributed by atoms with Gasteiger partial charge in [0.05, 0.1) is 4.83 Å². The van der Waals surface area contributed by atoms with Crippen molar-refractivity contribution in [2.75, 3.05) is 0 Å². The molecule has 6 heteroatoms. The Balaban J connectivity index is 2.33. The van der Waals surface area contributed by atoms with Crippen LogP contribution in [0.2, 0.25) is 0 Å². The van der Waals surface area contributed by atoms with Crippen molar-refractivity contribution >= 4 is 15.9 Å². The van der Waals surface area contributed by atoms with Gasteiger partial charge in [-0.05, 0) is 24.6 Å². The highest BCUT2D eigenvalue weighted by molar-refractivity contribution is 9.09. The number of halogens is 3. The highest BCUT2D eigenvalue weighted by atomic mass is 79.9. The smallest absolute Gasteiger partial charge is 0.247 e. The average Bonchev–Trinajstić information content (AvgIpc) is 2.81. The summed E-state index contributed by atoms with van der Waals surface area (Å²) in [5.74, 6) is -1.24. The Morgan fingerprint density at radius 2 is 2.06 bits per heavy atom. The first-order valence-corrected chi connectivity index (χ1v) is 5.96. The highest BCUT2D eigenvalue weighted by Crippen LogP contribution is 2.28. The van der Waals surface area contributed by atoms with Gasteiger partial charge in [0.1, 0.15) is 0 Å². The zero-order chi connectivity index (χ0) is 12.4. The topological polar surface area (TPSA) is 38.9 Å². The standard InChI is InChI=1S/C11H9BrF2N2O/c1-2-7(12)11-16-15-10(17-11)6-3-4-8(13)9(14)5-6/h3-5,7H,2H2,1H3. The third-order valence-electron chi connectivity index (χ3n) is 2.23. The molecule has 0 aliphatic carbocycles. The van der Waals surface area contributed by atoms with Crippen LogP contribution >= 0.6 is 15.9 Å². The van der Waals surface area contributed by atoms with Gasteiger partial charge in [-0.1, -0.05) is 22.9 Å². The van der Waals surface area contributed by atoms with Crippen LogP contribution in [-0.4, -0.2) is 10.2 Å². The molecule has 3 nitrogen and oxygen atoms in total. The molecule has 0 amide bonds. The monoisotopic (exact) mass is 302 g/mol. The van der Waals surface area contributed by atoms with E-state index in [0.717, 1.165) is 18.6 Å². The summed E-state index contributed by atoms with van der Waals surface area (Å²) < 4.78 is 31.1. The van der Waals surface area contributed by atoms with E-state index in [0.29, 0.717) is 11.5 Å². The Hall–Kier alpha value is -1.30. The molecule has 0 aliphatic heterocycles. The Kier molecular flexibility index (Phi) is 3.51. The maximum atomic E-state index is 13.0. The molecule has 2 rings (SSSR count).